The van der Waals surface area contributed by atoms with Crippen LogP contribution in [0.2, 0.25) is 0 Å². The number of hydrogen-bond acceptors (Lipinski definition) is 2. The Kier molecular flexibility index (Phi) is 4.87. The van der Waals surface area contributed by atoms with Gasteiger partial charge in [-0.05, 0) is 37.5 Å². The number of allylic oxidation sites excluding steroid dienone is 1. The van der Waals surface area contributed by atoms with Crippen molar-refractivity contribution in [1.82, 2.24) is 4.98 Å². The molecule has 0 spiro atoms. The molecule has 0 aliphatic rings. The minimum absolute atomic E-state index is 0.289. The first-order valence-electron chi connectivity index (χ1n) is 4.62. The largest absolute Gasteiger partial charge is 0.396 e. The van der Waals surface area contributed by atoms with Crippen LogP contribution < -0.4 is 0 Å². The Labute approximate surface area is 78.9 Å². The Morgan fingerprint density at radius 1 is 1.31 bits per heavy atom. The van der Waals surface area contributed by atoms with Crippen molar-refractivity contribution >= 4 is 6.08 Å². The summed E-state index contributed by atoms with van der Waals surface area (Å²) in [6.45, 7) is 0.289. The van der Waals surface area contributed by atoms with Gasteiger partial charge in [0.1, 0.15) is 0 Å². The SMILES string of the molecule is OCCCCC=Cc1ccccn1. The Hall–Kier alpha value is -1.15. The number of aromatic nitrogens is 1. The van der Waals surface area contributed by atoms with Crippen molar-refractivity contribution in [3.8, 4) is 0 Å². The molecular formula is C11H15NO. The van der Waals surface area contributed by atoms with Crippen molar-refractivity contribution in [2.75, 3.05) is 6.61 Å². The second-order valence-electron chi connectivity index (χ2n) is 2.88. The summed E-state index contributed by atoms with van der Waals surface area (Å²) in [4.78, 5) is 4.16. The van der Waals surface area contributed by atoms with Gasteiger partial charge in [0.2, 0.25) is 0 Å². The fraction of sp³-hybridized carbons (Fsp3) is 0.364. The van der Waals surface area contributed by atoms with Crippen LogP contribution in [0, 0.1) is 0 Å². The molecule has 0 bridgehead atoms. The van der Waals surface area contributed by atoms with E-state index in [4.69, 9.17) is 5.11 Å². The second-order valence-corrected chi connectivity index (χ2v) is 2.88. The van der Waals surface area contributed by atoms with Gasteiger partial charge in [-0.15, -0.1) is 0 Å². The van der Waals surface area contributed by atoms with E-state index >= 15 is 0 Å². The normalized spacial score (nSPS) is 10.8. The van der Waals surface area contributed by atoms with Crippen LogP contribution in [0.3, 0.4) is 0 Å². The monoisotopic (exact) mass is 177 g/mol. The lowest BCUT2D eigenvalue weighted by molar-refractivity contribution is 0.285. The summed E-state index contributed by atoms with van der Waals surface area (Å²) < 4.78 is 0. The summed E-state index contributed by atoms with van der Waals surface area (Å²) in [5, 5.41) is 8.55. The molecule has 0 unspecified atom stereocenters. The third kappa shape index (κ3) is 4.43. The van der Waals surface area contributed by atoms with E-state index in [1.807, 2.05) is 24.3 Å². The highest BCUT2D eigenvalue weighted by atomic mass is 16.2. The number of rotatable bonds is 5. The van der Waals surface area contributed by atoms with Gasteiger partial charge in [0.25, 0.3) is 0 Å². The summed E-state index contributed by atoms with van der Waals surface area (Å²) in [5.41, 5.74) is 0.992. The number of hydrogen-bond donors (Lipinski definition) is 1. The van der Waals surface area contributed by atoms with Crippen LogP contribution in [-0.2, 0) is 0 Å². The Bertz CT molecular complexity index is 244. The zero-order valence-corrected chi connectivity index (χ0v) is 7.69. The number of aliphatic hydroxyl groups is 1. The molecule has 0 aliphatic heterocycles. The number of pyridine rings is 1. The van der Waals surface area contributed by atoms with E-state index in [0.29, 0.717) is 0 Å². The number of unbranched alkanes of at least 4 members (excludes halogenated alkanes) is 2. The van der Waals surface area contributed by atoms with Gasteiger partial charge in [0.05, 0.1) is 5.69 Å². The van der Waals surface area contributed by atoms with Gasteiger partial charge in [-0.1, -0.05) is 12.1 Å². The Morgan fingerprint density at radius 2 is 2.23 bits per heavy atom. The lowest BCUT2D eigenvalue weighted by atomic mass is 10.2. The molecule has 13 heavy (non-hydrogen) atoms. The number of nitrogens with zero attached hydrogens (tertiary/aromatic N) is 1. The Morgan fingerprint density at radius 3 is 2.92 bits per heavy atom. The van der Waals surface area contributed by atoms with Gasteiger partial charge >= 0.3 is 0 Å². The summed E-state index contributed by atoms with van der Waals surface area (Å²) in [5.74, 6) is 0. The molecule has 0 atom stereocenters. The molecule has 1 aromatic rings. The van der Waals surface area contributed by atoms with Gasteiger partial charge in [-0.25, -0.2) is 0 Å². The molecule has 1 aromatic heterocycles. The standard InChI is InChI=1S/C11H15NO/c13-10-6-2-1-3-7-11-8-4-5-9-12-11/h3-5,7-9,13H,1-2,6,10H2. The third-order valence-electron chi connectivity index (χ3n) is 1.76. The maximum absolute atomic E-state index is 8.55. The Balaban J connectivity index is 2.25. The van der Waals surface area contributed by atoms with E-state index in [2.05, 4.69) is 11.1 Å². The average molecular weight is 177 g/mol. The molecule has 2 nitrogen and oxygen atoms in total. The van der Waals surface area contributed by atoms with Crippen LogP contribution in [0.15, 0.2) is 30.5 Å². The van der Waals surface area contributed by atoms with Crippen molar-refractivity contribution in [2.45, 2.75) is 19.3 Å². The molecule has 0 fully saturated rings. The lowest BCUT2D eigenvalue weighted by Gasteiger charge is -1.92. The zero-order valence-electron chi connectivity index (χ0n) is 7.69. The summed E-state index contributed by atoms with van der Waals surface area (Å²) in [6.07, 6.45) is 8.83. The van der Waals surface area contributed by atoms with E-state index in [1.165, 1.54) is 0 Å². The topological polar surface area (TPSA) is 33.1 Å². The van der Waals surface area contributed by atoms with Gasteiger partial charge in [-0.2, -0.15) is 0 Å². The molecule has 2 heteroatoms. The second kappa shape index (κ2) is 6.38. The maximum atomic E-state index is 8.55. The fourth-order valence-corrected chi connectivity index (χ4v) is 1.05. The predicted octanol–water partition coefficient (Wildman–Crippen LogP) is 2.26. The van der Waals surface area contributed by atoms with Crippen molar-refractivity contribution in [2.24, 2.45) is 0 Å². The van der Waals surface area contributed by atoms with Crippen LogP contribution in [0.25, 0.3) is 6.08 Å². The molecule has 1 rings (SSSR count). The number of aliphatic hydroxyl groups excluding tert-OH is 1. The van der Waals surface area contributed by atoms with Crippen molar-refractivity contribution < 1.29 is 5.11 Å². The fourth-order valence-electron chi connectivity index (χ4n) is 1.05. The van der Waals surface area contributed by atoms with Crippen LogP contribution in [0.1, 0.15) is 25.0 Å². The van der Waals surface area contributed by atoms with E-state index in [-0.39, 0.29) is 6.61 Å². The smallest absolute Gasteiger partial charge is 0.0626 e. The van der Waals surface area contributed by atoms with Gasteiger partial charge in [0.15, 0.2) is 0 Å². The molecule has 70 valence electrons. The first kappa shape index (κ1) is 9.93. The van der Waals surface area contributed by atoms with Crippen molar-refractivity contribution in [3.63, 3.8) is 0 Å². The van der Waals surface area contributed by atoms with Crippen molar-refractivity contribution in [3.05, 3.63) is 36.2 Å². The highest BCUT2D eigenvalue weighted by Crippen LogP contribution is 2.00. The van der Waals surface area contributed by atoms with E-state index < -0.39 is 0 Å². The molecule has 0 amide bonds. The predicted molar refractivity (Wildman–Crippen MR) is 54.2 cm³/mol. The molecular weight excluding hydrogens is 162 g/mol. The maximum Gasteiger partial charge on any atom is 0.0626 e. The summed E-state index contributed by atoms with van der Waals surface area (Å²) in [7, 11) is 0. The zero-order chi connectivity index (χ0) is 9.36. The van der Waals surface area contributed by atoms with E-state index in [9.17, 15) is 0 Å². The molecule has 0 aromatic carbocycles. The summed E-state index contributed by atoms with van der Waals surface area (Å²) >= 11 is 0. The molecule has 0 aliphatic carbocycles. The van der Waals surface area contributed by atoms with Gasteiger partial charge < -0.3 is 5.11 Å². The molecule has 0 saturated heterocycles. The van der Waals surface area contributed by atoms with Crippen LogP contribution in [0.5, 0.6) is 0 Å². The molecule has 1 heterocycles. The van der Waals surface area contributed by atoms with Crippen LogP contribution >= 0.6 is 0 Å². The van der Waals surface area contributed by atoms with Crippen LogP contribution in [-0.4, -0.2) is 16.7 Å². The average Bonchev–Trinajstić information content (AvgIpc) is 2.19. The first-order valence-corrected chi connectivity index (χ1v) is 4.62. The third-order valence-corrected chi connectivity index (χ3v) is 1.76. The van der Waals surface area contributed by atoms with E-state index in [1.54, 1.807) is 6.20 Å². The quantitative estimate of drug-likeness (QED) is 0.700. The highest BCUT2D eigenvalue weighted by Gasteiger charge is 1.85. The molecule has 1 N–H and O–H groups in total. The van der Waals surface area contributed by atoms with Crippen molar-refractivity contribution in [1.29, 1.82) is 0 Å². The van der Waals surface area contributed by atoms with E-state index in [0.717, 1.165) is 25.0 Å². The van der Waals surface area contributed by atoms with Gasteiger partial charge in [0, 0.05) is 12.8 Å². The highest BCUT2D eigenvalue weighted by molar-refractivity contribution is 5.43. The lowest BCUT2D eigenvalue weighted by Crippen LogP contribution is -1.81. The molecule has 0 saturated carbocycles. The molecule has 0 radical (unpaired) electrons. The minimum Gasteiger partial charge on any atom is -0.396 e. The van der Waals surface area contributed by atoms with Gasteiger partial charge in [-0.3, -0.25) is 4.98 Å². The van der Waals surface area contributed by atoms with Crippen LogP contribution in [0.4, 0.5) is 0 Å². The summed E-state index contributed by atoms with van der Waals surface area (Å²) in [6, 6.07) is 5.85. The minimum atomic E-state index is 0.289. The first-order chi connectivity index (χ1) is 6.43.